The van der Waals surface area contributed by atoms with E-state index < -0.39 is 5.82 Å². The maximum absolute atomic E-state index is 13.2. The Morgan fingerprint density at radius 2 is 2.38 bits per heavy atom. The van der Waals surface area contributed by atoms with Crippen molar-refractivity contribution in [2.45, 2.75) is 6.54 Å². The predicted molar refractivity (Wildman–Crippen MR) is 56.9 cm³/mol. The molecular weight excluding hydrogens is 211 g/mol. The molecule has 0 aromatic carbocycles. The van der Waals surface area contributed by atoms with Crippen LogP contribution < -0.4 is 11.1 Å². The Kier molecular flexibility index (Phi) is 2.67. The average Bonchev–Trinajstić information content (AvgIpc) is 2.66. The molecule has 2 aromatic heterocycles. The molecule has 0 radical (unpaired) electrons. The minimum atomic E-state index is -0.531. The Bertz CT molecular complexity index is 494. The molecule has 0 atom stereocenters. The number of nitrogen functional groups attached to an aromatic ring is 1. The molecule has 0 fully saturated rings. The molecule has 0 aliphatic carbocycles. The number of nitrogens with two attached hydrogens (primary N) is 1. The zero-order valence-electron chi connectivity index (χ0n) is 8.68. The van der Waals surface area contributed by atoms with Crippen molar-refractivity contribution in [1.29, 1.82) is 0 Å². The molecule has 0 saturated heterocycles. The van der Waals surface area contributed by atoms with Gasteiger partial charge in [0, 0.05) is 13.2 Å². The third-order valence-corrected chi connectivity index (χ3v) is 2.12. The highest BCUT2D eigenvalue weighted by atomic mass is 19.1. The first kappa shape index (κ1) is 10.3. The van der Waals surface area contributed by atoms with Crippen LogP contribution in [-0.2, 0) is 13.6 Å². The molecule has 7 heteroatoms. The van der Waals surface area contributed by atoms with Crippen LogP contribution in [0.2, 0.25) is 0 Å². The molecule has 16 heavy (non-hydrogen) atoms. The summed E-state index contributed by atoms with van der Waals surface area (Å²) >= 11 is 0. The van der Waals surface area contributed by atoms with Gasteiger partial charge in [0.1, 0.15) is 0 Å². The summed E-state index contributed by atoms with van der Waals surface area (Å²) in [4.78, 5) is 7.29. The van der Waals surface area contributed by atoms with Gasteiger partial charge in [0.2, 0.25) is 5.95 Å². The molecule has 84 valence electrons. The average molecular weight is 222 g/mol. The molecule has 3 N–H and O–H groups in total. The smallest absolute Gasteiger partial charge is 0.222 e. The summed E-state index contributed by atoms with van der Waals surface area (Å²) in [7, 11) is 1.81. The van der Waals surface area contributed by atoms with E-state index >= 15 is 0 Å². The zero-order valence-corrected chi connectivity index (χ0v) is 8.68. The Balaban J connectivity index is 2.10. The number of nitrogens with one attached hydrogen (secondary N) is 1. The summed E-state index contributed by atoms with van der Waals surface area (Å²) in [5.41, 5.74) is 6.27. The molecule has 0 aliphatic rings. The molecule has 2 heterocycles. The Morgan fingerprint density at radius 3 is 3.06 bits per heavy atom. The topological polar surface area (TPSA) is 81.7 Å². The number of halogens is 1. The lowest BCUT2D eigenvalue weighted by Crippen LogP contribution is -2.09. The van der Waals surface area contributed by atoms with Gasteiger partial charge in [-0.15, -0.1) is 0 Å². The minimum absolute atomic E-state index is 0.0360. The van der Waals surface area contributed by atoms with Gasteiger partial charge in [0.25, 0.3) is 0 Å². The van der Waals surface area contributed by atoms with Crippen LogP contribution >= 0.6 is 0 Å². The quantitative estimate of drug-likeness (QED) is 0.792. The van der Waals surface area contributed by atoms with E-state index in [1.165, 1.54) is 0 Å². The summed E-state index contributed by atoms with van der Waals surface area (Å²) in [6.45, 7) is 0.421. The van der Waals surface area contributed by atoms with E-state index in [2.05, 4.69) is 20.4 Å². The number of rotatable bonds is 3. The molecule has 0 saturated carbocycles. The molecule has 2 rings (SSSR count). The van der Waals surface area contributed by atoms with E-state index in [9.17, 15) is 4.39 Å². The number of hydrogen-bond donors (Lipinski definition) is 2. The Hall–Kier alpha value is -2.18. The zero-order chi connectivity index (χ0) is 11.5. The fourth-order valence-corrected chi connectivity index (χ4v) is 1.25. The summed E-state index contributed by atoms with van der Waals surface area (Å²) in [5, 5.41) is 6.82. The highest BCUT2D eigenvalue weighted by Gasteiger charge is 2.05. The lowest BCUT2D eigenvalue weighted by molar-refractivity contribution is 0.616. The monoisotopic (exact) mass is 222 g/mol. The van der Waals surface area contributed by atoms with Crippen molar-refractivity contribution >= 4 is 11.8 Å². The van der Waals surface area contributed by atoms with E-state index in [0.717, 1.165) is 11.9 Å². The van der Waals surface area contributed by atoms with Gasteiger partial charge in [-0.25, -0.2) is 9.37 Å². The van der Waals surface area contributed by atoms with Crippen LogP contribution in [0.5, 0.6) is 0 Å². The third kappa shape index (κ3) is 2.08. The second kappa shape index (κ2) is 4.13. The summed E-state index contributed by atoms with van der Waals surface area (Å²) in [6, 6.07) is 1.83. The van der Waals surface area contributed by atoms with E-state index in [-0.39, 0.29) is 11.8 Å². The summed E-state index contributed by atoms with van der Waals surface area (Å²) in [5.74, 6) is -0.404. The van der Waals surface area contributed by atoms with Crippen molar-refractivity contribution in [3.05, 3.63) is 30.0 Å². The van der Waals surface area contributed by atoms with E-state index in [1.807, 2.05) is 13.1 Å². The molecular formula is C9H11FN6. The van der Waals surface area contributed by atoms with Crippen LogP contribution in [0, 0.1) is 5.82 Å². The maximum Gasteiger partial charge on any atom is 0.222 e. The Morgan fingerprint density at radius 1 is 1.56 bits per heavy atom. The predicted octanol–water partition coefficient (Wildman–Crippen LogP) is 0.544. The van der Waals surface area contributed by atoms with Crippen molar-refractivity contribution in [1.82, 2.24) is 19.7 Å². The van der Waals surface area contributed by atoms with Gasteiger partial charge in [-0.3, -0.25) is 4.68 Å². The van der Waals surface area contributed by atoms with Crippen LogP contribution in [0.3, 0.4) is 0 Å². The number of anilines is 2. The van der Waals surface area contributed by atoms with Crippen molar-refractivity contribution in [2.24, 2.45) is 7.05 Å². The SMILES string of the molecule is Cn1nccc1CNc1nc(N)ncc1F. The number of hydrogen-bond acceptors (Lipinski definition) is 5. The lowest BCUT2D eigenvalue weighted by atomic mass is 10.4. The molecule has 0 unspecified atom stereocenters. The van der Waals surface area contributed by atoms with Crippen molar-refractivity contribution in [3.8, 4) is 0 Å². The van der Waals surface area contributed by atoms with E-state index in [1.54, 1.807) is 10.9 Å². The highest BCUT2D eigenvalue weighted by Crippen LogP contribution is 2.11. The summed E-state index contributed by atoms with van der Waals surface area (Å²) < 4.78 is 14.9. The largest absolute Gasteiger partial charge is 0.368 e. The number of aryl methyl sites for hydroxylation is 1. The number of nitrogens with zero attached hydrogens (tertiary/aromatic N) is 4. The Labute approximate surface area is 91.3 Å². The fourth-order valence-electron chi connectivity index (χ4n) is 1.25. The van der Waals surface area contributed by atoms with Crippen molar-refractivity contribution < 1.29 is 4.39 Å². The minimum Gasteiger partial charge on any atom is -0.368 e. The molecule has 2 aromatic rings. The van der Waals surface area contributed by atoms with Crippen LogP contribution in [0.25, 0.3) is 0 Å². The van der Waals surface area contributed by atoms with E-state index in [0.29, 0.717) is 6.54 Å². The molecule has 0 spiro atoms. The second-order valence-electron chi connectivity index (χ2n) is 3.22. The highest BCUT2D eigenvalue weighted by molar-refractivity contribution is 5.39. The van der Waals surface area contributed by atoms with Gasteiger partial charge in [-0.05, 0) is 6.07 Å². The first-order chi connectivity index (χ1) is 7.66. The third-order valence-electron chi connectivity index (χ3n) is 2.12. The van der Waals surface area contributed by atoms with Gasteiger partial charge >= 0.3 is 0 Å². The van der Waals surface area contributed by atoms with Gasteiger partial charge in [0.15, 0.2) is 11.6 Å². The van der Waals surface area contributed by atoms with Gasteiger partial charge in [0.05, 0.1) is 18.4 Å². The molecule has 0 amide bonds. The number of aromatic nitrogens is 4. The van der Waals surface area contributed by atoms with Crippen LogP contribution in [0.15, 0.2) is 18.5 Å². The first-order valence-corrected chi connectivity index (χ1v) is 4.65. The molecule has 0 bridgehead atoms. The van der Waals surface area contributed by atoms with Crippen molar-refractivity contribution in [2.75, 3.05) is 11.1 Å². The van der Waals surface area contributed by atoms with Gasteiger partial charge < -0.3 is 11.1 Å². The van der Waals surface area contributed by atoms with Crippen LogP contribution in [0.1, 0.15) is 5.69 Å². The fraction of sp³-hybridized carbons (Fsp3) is 0.222. The van der Waals surface area contributed by atoms with Gasteiger partial charge in [-0.1, -0.05) is 0 Å². The van der Waals surface area contributed by atoms with E-state index in [4.69, 9.17) is 5.73 Å². The maximum atomic E-state index is 13.2. The normalized spacial score (nSPS) is 10.4. The standard InChI is InChI=1S/C9H11FN6/c1-16-6(2-3-14-16)4-12-8-7(10)5-13-9(11)15-8/h2-3,5H,4H2,1H3,(H3,11,12,13,15). The lowest BCUT2D eigenvalue weighted by Gasteiger charge is -2.06. The van der Waals surface area contributed by atoms with Crippen LogP contribution in [-0.4, -0.2) is 19.7 Å². The first-order valence-electron chi connectivity index (χ1n) is 4.65. The van der Waals surface area contributed by atoms with Crippen LogP contribution in [0.4, 0.5) is 16.2 Å². The molecule has 0 aliphatic heterocycles. The van der Waals surface area contributed by atoms with Crippen molar-refractivity contribution in [3.63, 3.8) is 0 Å². The second-order valence-corrected chi connectivity index (χ2v) is 3.22. The van der Waals surface area contributed by atoms with Gasteiger partial charge in [-0.2, -0.15) is 10.1 Å². The summed E-state index contributed by atoms with van der Waals surface area (Å²) in [6.07, 6.45) is 2.70. The molecule has 6 nitrogen and oxygen atoms in total.